The van der Waals surface area contributed by atoms with Gasteiger partial charge in [-0.1, -0.05) is 11.6 Å². The molecular weight excluding hydrogens is 438 g/mol. The van der Waals surface area contributed by atoms with E-state index in [4.69, 9.17) is 11.6 Å². The highest BCUT2D eigenvalue weighted by Gasteiger charge is 2.14. The Balaban J connectivity index is 0.000000243. The van der Waals surface area contributed by atoms with Crippen LogP contribution in [0.25, 0.3) is 0 Å². The second kappa shape index (κ2) is 15.5. The third kappa shape index (κ3) is 12.6. The van der Waals surface area contributed by atoms with Gasteiger partial charge < -0.3 is 25.6 Å². The standard InChI is InChI=1S/C16H24ClN3.C5H10O2.C4H10N2/c17-15-10-14(13-19-8-4-18-5-9-19)11-16(12-15)20-6-2-1-3-7-20;1-5(2,3)7-4-6;1-2-6-4-3-5-1/h10-12,18H,1-9,13H2;4H,1-3H3;5-6H,1-4H2. The molecule has 1 aromatic rings. The highest BCUT2D eigenvalue weighted by Crippen LogP contribution is 2.26. The highest BCUT2D eigenvalue weighted by molar-refractivity contribution is 6.30. The molecule has 0 aromatic heterocycles. The molecule has 33 heavy (non-hydrogen) atoms. The topological polar surface area (TPSA) is 68.9 Å². The summed E-state index contributed by atoms with van der Waals surface area (Å²) in [5, 5.41) is 10.7. The molecule has 3 heterocycles. The molecule has 3 aliphatic heterocycles. The first kappa shape index (κ1) is 27.9. The maximum Gasteiger partial charge on any atom is 0.293 e. The Bertz CT molecular complexity index is 656. The van der Waals surface area contributed by atoms with Crippen LogP contribution >= 0.6 is 11.6 Å². The average Bonchev–Trinajstić information content (AvgIpc) is 2.81. The maximum atomic E-state index is 9.60. The summed E-state index contributed by atoms with van der Waals surface area (Å²) in [6.07, 6.45) is 3.98. The lowest BCUT2D eigenvalue weighted by atomic mass is 10.1. The van der Waals surface area contributed by atoms with E-state index in [0.29, 0.717) is 6.47 Å². The summed E-state index contributed by atoms with van der Waals surface area (Å²) in [4.78, 5) is 14.6. The van der Waals surface area contributed by atoms with E-state index in [1.165, 1.54) is 43.6 Å². The molecule has 8 heteroatoms. The fourth-order valence-corrected chi connectivity index (χ4v) is 4.19. The molecule has 7 nitrogen and oxygen atoms in total. The summed E-state index contributed by atoms with van der Waals surface area (Å²) in [6, 6.07) is 6.57. The number of hydrogen-bond acceptors (Lipinski definition) is 7. The molecule has 0 spiro atoms. The molecule has 188 valence electrons. The van der Waals surface area contributed by atoms with Gasteiger partial charge in [0, 0.05) is 82.7 Å². The summed E-state index contributed by atoms with van der Waals surface area (Å²) in [5.74, 6) is 0. The van der Waals surface area contributed by atoms with Gasteiger partial charge in [0.15, 0.2) is 0 Å². The Labute approximate surface area is 205 Å². The first-order valence-corrected chi connectivity index (χ1v) is 12.8. The molecular formula is C25H44ClN5O2. The lowest BCUT2D eigenvalue weighted by Gasteiger charge is -2.30. The minimum Gasteiger partial charge on any atom is -0.462 e. The molecule has 3 fully saturated rings. The van der Waals surface area contributed by atoms with E-state index < -0.39 is 0 Å². The van der Waals surface area contributed by atoms with E-state index in [2.05, 4.69) is 48.7 Å². The van der Waals surface area contributed by atoms with Crippen molar-refractivity contribution in [3.05, 3.63) is 28.8 Å². The molecule has 3 N–H and O–H groups in total. The largest absolute Gasteiger partial charge is 0.462 e. The maximum absolute atomic E-state index is 9.60. The first-order chi connectivity index (χ1) is 15.9. The number of halogens is 1. The van der Waals surface area contributed by atoms with Crippen LogP contribution in [0.2, 0.25) is 5.02 Å². The van der Waals surface area contributed by atoms with E-state index >= 15 is 0 Å². The minimum atomic E-state index is -0.318. The van der Waals surface area contributed by atoms with Crippen molar-refractivity contribution in [2.45, 2.75) is 52.2 Å². The highest BCUT2D eigenvalue weighted by atomic mass is 35.5. The van der Waals surface area contributed by atoms with Gasteiger partial charge in [0.25, 0.3) is 6.47 Å². The number of anilines is 1. The molecule has 4 rings (SSSR count). The molecule has 0 aliphatic carbocycles. The Morgan fingerprint density at radius 3 is 1.94 bits per heavy atom. The summed E-state index contributed by atoms with van der Waals surface area (Å²) >= 11 is 6.33. The monoisotopic (exact) mass is 481 g/mol. The van der Waals surface area contributed by atoms with Crippen molar-refractivity contribution in [3.63, 3.8) is 0 Å². The van der Waals surface area contributed by atoms with E-state index in [9.17, 15) is 4.79 Å². The van der Waals surface area contributed by atoms with Crippen molar-refractivity contribution in [2.24, 2.45) is 0 Å². The van der Waals surface area contributed by atoms with Crippen molar-refractivity contribution in [1.82, 2.24) is 20.9 Å². The number of piperazine rings is 2. The fourth-order valence-electron chi connectivity index (χ4n) is 3.93. The van der Waals surface area contributed by atoms with Gasteiger partial charge in [0.05, 0.1) is 0 Å². The van der Waals surface area contributed by atoms with Gasteiger partial charge in [-0.3, -0.25) is 9.69 Å². The summed E-state index contributed by atoms with van der Waals surface area (Å²) in [7, 11) is 0. The van der Waals surface area contributed by atoms with Gasteiger partial charge in [-0.15, -0.1) is 0 Å². The van der Waals surface area contributed by atoms with Crippen LogP contribution in [0.4, 0.5) is 5.69 Å². The fraction of sp³-hybridized carbons (Fsp3) is 0.720. The van der Waals surface area contributed by atoms with E-state index in [0.717, 1.165) is 63.9 Å². The van der Waals surface area contributed by atoms with Crippen molar-refractivity contribution < 1.29 is 9.53 Å². The predicted octanol–water partition coefficient (Wildman–Crippen LogP) is 2.87. The van der Waals surface area contributed by atoms with Crippen LogP contribution in [0.5, 0.6) is 0 Å². The number of rotatable bonds is 4. The van der Waals surface area contributed by atoms with Gasteiger partial charge in [-0.2, -0.15) is 0 Å². The SMILES string of the molecule is C1CNCCN1.CC(C)(C)OC=O.Clc1cc(CN2CCNCC2)cc(N2CCCCC2)c1. The van der Waals surface area contributed by atoms with E-state index in [1.807, 2.05) is 20.8 Å². The Kier molecular flexibility index (Phi) is 13.1. The van der Waals surface area contributed by atoms with Crippen molar-refractivity contribution in [1.29, 1.82) is 0 Å². The number of benzene rings is 1. The van der Waals surface area contributed by atoms with Gasteiger partial charge >= 0.3 is 0 Å². The van der Waals surface area contributed by atoms with Gasteiger partial charge in [0.2, 0.25) is 0 Å². The Hall–Kier alpha value is -1.38. The van der Waals surface area contributed by atoms with E-state index in [-0.39, 0.29) is 5.60 Å². The normalized spacial score (nSPS) is 19.5. The molecule has 0 bridgehead atoms. The van der Waals surface area contributed by atoms with Crippen LogP contribution in [-0.2, 0) is 16.1 Å². The van der Waals surface area contributed by atoms with Crippen molar-refractivity contribution >= 4 is 23.8 Å². The smallest absolute Gasteiger partial charge is 0.293 e. The summed E-state index contributed by atoms with van der Waals surface area (Å²) in [5.41, 5.74) is 2.34. The van der Waals surface area contributed by atoms with Crippen LogP contribution in [0.15, 0.2) is 18.2 Å². The summed E-state index contributed by atoms with van der Waals surface area (Å²) in [6.45, 7) is 18.3. The lowest BCUT2D eigenvalue weighted by Crippen LogP contribution is -2.42. The van der Waals surface area contributed by atoms with E-state index in [1.54, 1.807) is 0 Å². The van der Waals surface area contributed by atoms with Crippen LogP contribution in [-0.4, -0.2) is 82.4 Å². The van der Waals surface area contributed by atoms with Gasteiger partial charge in [-0.05, 0) is 63.8 Å². The molecule has 3 saturated heterocycles. The summed E-state index contributed by atoms with van der Waals surface area (Å²) < 4.78 is 4.55. The zero-order chi connectivity index (χ0) is 23.9. The quantitative estimate of drug-likeness (QED) is 0.571. The van der Waals surface area contributed by atoms with Crippen molar-refractivity contribution in [3.8, 4) is 0 Å². The number of nitrogens with one attached hydrogen (secondary N) is 3. The third-order valence-electron chi connectivity index (χ3n) is 5.64. The minimum absolute atomic E-state index is 0.318. The van der Waals surface area contributed by atoms with Crippen LogP contribution in [0.1, 0.15) is 45.6 Å². The molecule has 0 radical (unpaired) electrons. The number of carbonyl (C=O) groups excluding carboxylic acids is 1. The van der Waals surface area contributed by atoms with Crippen LogP contribution in [0, 0.1) is 0 Å². The van der Waals surface area contributed by atoms with Crippen molar-refractivity contribution in [2.75, 3.05) is 70.3 Å². The average molecular weight is 482 g/mol. The lowest BCUT2D eigenvalue weighted by molar-refractivity contribution is -0.138. The second-order valence-corrected chi connectivity index (χ2v) is 10.2. The predicted molar refractivity (Wildman–Crippen MR) is 138 cm³/mol. The van der Waals surface area contributed by atoms with Gasteiger partial charge in [-0.25, -0.2) is 0 Å². The number of piperidine rings is 1. The number of nitrogens with zero attached hydrogens (tertiary/aromatic N) is 2. The first-order valence-electron chi connectivity index (χ1n) is 12.4. The molecule has 3 aliphatic rings. The number of hydrogen-bond donors (Lipinski definition) is 3. The van der Waals surface area contributed by atoms with Crippen LogP contribution < -0.4 is 20.9 Å². The molecule has 1 aromatic carbocycles. The molecule has 0 amide bonds. The van der Waals surface area contributed by atoms with Gasteiger partial charge in [0.1, 0.15) is 5.60 Å². The second-order valence-electron chi connectivity index (χ2n) is 9.72. The third-order valence-corrected chi connectivity index (χ3v) is 5.86. The molecule has 0 unspecified atom stereocenters. The number of carbonyl (C=O) groups is 1. The zero-order valence-electron chi connectivity index (χ0n) is 20.8. The Morgan fingerprint density at radius 2 is 1.45 bits per heavy atom. The molecule has 0 saturated carbocycles. The molecule has 0 atom stereocenters. The Morgan fingerprint density at radius 1 is 0.879 bits per heavy atom. The number of ether oxygens (including phenoxy) is 1. The zero-order valence-corrected chi connectivity index (χ0v) is 21.6. The van der Waals surface area contributed by atoms with Crippen LogP contribution in [0.3, 0.4) is 0 Å².